The fourth-order valence-corrected chi connectivity index (χ4v) is 4.24. The number of nitrogens with one attached hydrogen (secondary N) is 1. The molecule has 1 N–H and O–H groups in total. The van der Waals surface area contributed by atoms with Crippen LogP contribution in [0.3, 0.4) is 0 Å². The number of ether oxygens (including phenoxy) is 2. The molecule has 0 unspecified atom stereocenters. The van der Waals surface area contributed by atoms with Gasteiger partial charge < -0.3 is 14.8 Å². The molecule has 0 spiro atoms. The monoisotopic (exact) mass is 337 g/mol. The third-order valence-electron chi connectivity index (χ3n) is 5.48. The molecule has 0 saturated carbocycles. The maximum atomic E-state index is 12.3. The molecule has 0 aromatic heterocycles. The predicted molar refractivity (Wildman–Crippen MR) is 96.6 cm³/mol. The van der Waals surface area contributed by atoms with Crippen LogP contribution in [-0.2, 0) is 14.3 Å². The van der Waals surface area contributed by atoms with Gasteiger partial charge in [-0.15, -0.1) is 6.58 Å². The van der Waals surface area contributed by atoms with Crippen LogP contribution in [0.2, 0.25) is 0 Å². The van der Waals surface area contributed by atoms with Crippen molar-refractivity contribution in [2.75, 3.05) is 13.2 Å². The Bertz CT molecular complexity index is 436. The van der Waals surface area contributed by atoms with E-state index < -0.39 is 0 Å². The van der Waals surface area contributed by atoms with Crippen molar-refractivity contribution in [2.45, 2.75) is 78.0 Å². The highest BCUT2D eigenvalue weighted by Gasteiger charge is 2.42. The normalized spacial score (nSPS) is 31.5. The molecular formula is C20H35NO3. The van der Waals surface area contributed by atoms with Crippen LogP contribution < -0.4 is 5.32 Å². The van der Waals surface area contributed by atoms with E-state index in [1.807, 2.05) is 6.08 Å². The molecule has 2 rings (SSSR count). The molecule has 4 nitrogen and oxygen atoms in total. The van der Waals surface area contributed by atoms with Crippen LogP contribution in [-0.4, -0.2) is 30.9 Å². The summed E-state index contributed by atoms with van der Waals surface area (Å²) in [6.45, 7) is 14.2. The largest absolute Gasteiger partial charge is 0.352 e. The zero-order chi connectivity index (χ0) is 17.8. The summed E-state index contributed by atoms with van der Waals surface area (Å²) in [4.78, 5) is 12.3. The minimum absolute atomic E-state index is 0.0896. The fourth-order valence-electron chi connectivity index (χ4n) is 4.24. The van der Waals surface area contributed by atoms with E-state index in [-0.39, 0.29) is 23.2 Å². The molecule has 24 heavy (non-hydrogen) atoms. The Morgan fingerprint density at radius 1 is 1.33 bits per heavy atom. The number of carbonyl (C=O) groups excluding carboxylic acids is 1. The van der Waals surface area contributed by atoms with Gasteiger partial charge >= 0.3 is 0 Å². The van der Waals surface area contributed by atoms with Gasteiger partial charge in [-0.3, -0.25) is 4.79 Å². The second-order valence-electron chi connectivity index (χ2n) is 8.69. The lowest BCUT2D eigenvalue weighted by atomic mass is 9.70. The van der Waals surface area contributed by atoms with E-state index in [0.717, 1.165) is 45.3 Å². The molecule has 0 aromatic rings. The summed E-state index contributed by atoms with van der Waals surface area (Å²) in [5.41, 5.74) is -0.129. The van der Waals surface area contributed by atoms with Crippen LogP contribution in [0.4, 0.5) is 0 Å². The van der Waals surface area contributed by atoms with Crippen LogP contribution in [0.25, 0.3) is 0 Å². The maximum absolute atomic E-state index is 12.3. The molecule has 2 fully saturated rings. The van der Waals surface area contributed by atoms with Crippen LogP contribution >= 0.6 is 0 Å². The summed E-state index contributed by atoms with van der Waals surface area (Å²) < 4.78 is 11.8. The predicted octanol–water partition coefficient (Wildman–Crippen LogP) is 4.05. The second-order valence-corrected chi connectivity index (χ2v) is 8.69. The van der Waals surface area contributed by atoms with E-state index >= 15 is 0 Å². The molecule has 0 radical (unpaired) electrons. The van der Waals surface area contributed by atoms with Gasteiger partial charge in [-0.1, -0.05) is 33.8 Å². The van der Waals surface area contributed by atoms with Gasteiger partial charge in [0, 0.05) is 23.8 Å². The summed E-state index contributed by atoms with van der Waals surface area (Å²) in [7, 11) is 0. The van der Waals surface area contributed by atoms with Crippen molar-refractivity contribution in [3.05, 3.63) is 12.7 Å². The zero-order valence-electron chi connectivity index (χ0n) is 15.9. The minimum Gasteiger partial charge on any atom is -0.352 e. The second kappa shape index (κ2) is 8.01. The summed E-state index contributed by atoms with van der Waals surface area (Å²) in [5, 5.41) is 3.36. The van der Waals surface area contributed by atoms with Gasteiger partial charge in [0.05, 0.1) is 13.2 Å². The number of carbonyl (C=O) groups is 1. The number of hydrogen-bond donors (Lipinski definition) is 1. The van der Waals surface area contributed by atoms with Gasteiger partial charge in [0.25, 0.3) is 0 Å². The Balaban J connectivity index is 2.09. The molecule has 2 aliphatic heterocycles. The van der Waals surface area contributed by atoms with Crippen molar-refractivity contribution in [1.82, 2.24) is 5.32 Å². The van der Waals surface area contributed by atoms with E-state index in [2.05, 4.69) is 39.6 Å². The van der Waals surface area contributed by atoms with Crippen molar-refractivity contribution in [2.24, 2.45) is 17.3 Å². The fraction of sp³-hybridized carbons (Fsp3) is 0.850. The van der Waals surface area contributed by atoms with Crippen LogP contribution in [0.1, 0.15) is 66.2 Å². The lowest BCUT2D eigenvalue weighted by molar-refractivity contribution is -0.225. The summed E-state index contributed by atoms with van der Waals surface area (Å²) in [5.74, 6) is 1.16. The highest BCUT2D eigenvalue weighted by molar-refractivity contribution is 5.77. The van der Waals surface area contributed by atoms with Gasteiger partial charge in [0.2, 0.25) is 5.91 Å². The molecule has 1 amide bonds. The molecule has 2 heterocycles. The standard InChI is InChI=1S/C20H35NO3/c1-6-11-20(12-10-18-23-13-19(4,5)14-24-18)16(15(2)3)8-7-9-17(22)21-20/h6,15-16,18H,1,7-14H2,2-5H3,(H,21,22)/t16-,20+/m1/s1. The van der Waals surface area contributed by atoms with Gasteiger partial charge in [0.15, 0.2) is 6.29 Å². The molecule has 2 aliphatic rings. The highest BCUT2D eigenvalue weighted by Crippen LogP contribution is 2.39. The molecule has 4 heteroatoms. The minimum atomic E-state index is -0.219. The van der Waals surface area contributed by atoms with E-state index in [4.69, 9.17) is 9.47 Å². The SMILES string of the molecule is C=CC[C@@]1(CCC2OCC(C)(C)CO2)NC(=O)CCC[C@@H]1C(C)C. The third-order valence-corrected chi connectivity index (χ3v) is 5.48. The van der Waals surface area contributed by atoms with E-state index in [1.165, 1.54) is 0 Å². The first-order chi connectivity index (χ1) is 11.3. The average Bonchev–Trinajstić information content (AvgIpc) is 2.66. The maximum Gasteiger partial charge on any atom is 0.220 e. The van der Waals surface area contributed by atoms with Crippen LogP contribution in [0, 0.1) is 17.3 Å². The lowest BCUT2D eigenvalue weighted by Gasteiger charge is -2.43. The third kappa shape index (κ3) is 4.82. The number of amides is 1. The highest BCUT2D eigenvalue weighted by atomic mass is 16.7. The zero-order valence-corrected chi connectivity index (χ0v) is 15.9. The Labute approximate surface area is 147 Å². The summed E-state index contributed by atoms with van der Waals surface area (Å²) >= 11 is 0. The van der Waals surface area contributed by atoms with Crippen molar-refractivity contribution >= 4 is 5.91 Å². The molecule has 138 valence electrons. The summed E-state index contributed by atoms with van der Waals surface area (Å²) in [6, 6.07) is 0. The first-order valence-corrected chi connectivity index (χ1v) is 9.43. The van der Waals surface area contributed by atoms with Crippen molar-refractivity contribution in [1.29, 1.82) is 0 Å². The average molecular weight is 338 g/mol. The topological polar surface area (TPSA) is 47.6 Å². The number of rotatable bonds is 6. The molecule has 0 aromatic carbocycles. The first kappa shape index (κ1) is 19.5. The Morgan fingerprint density at radius 3 is 2.58 bits per heavy atom. The van der Waals surface area contributed by atoms with E-state index in [0.29, 0.717) is 18.3 Å². The molecule has 0 aliphatic carbocycles. The van der Waals surface area contributed by atoms with E-state index in [1.54, 1.807) is 0 Å². The van der Waals surface area contributed by atoms with Crippen LogP contribution in [0.5, 0.6) is 0 Å². The van der Waals surface area contributed by atoms with Crippen molar-refractivity contribution in [3.8, 4) is 0 Å². The molecule has 0 bridgehead atoms. The van der Waals surface area contributed by atoms with Gasteiger partial charge in [-0.2, -0.15) is 0 Å². The molecule has 2 atom stereocenters. The summed E-state index contributed by atoms with van der Waals surface area (Å²) in [6.07, 6.45) is 6.97. The molecule has 2 saturated heterocycles. The van der Waals surface area contributed by atoms with E-state index in [9.17, 15) is 4.79 Å². The van der Waals surface area contributed by atoms with Crippen molar-refractivity contribution in [3.63, 3.8) is 0 Å². The smallest absolute Gasteiger partial charge is 0.220 e. The lowest BCUT2D eigenvalue weighted by Crippen LogP contribution is -2.54. The quantitative estimate of drug-likeness (QED) is 0.744. The Hall–Kier alpha value is -0.870. The van der Waals surface area contributed by atoms with Crippen molar-refractivity contribution < 1.29 is 14.3 Å². The van der Waals surface area contributed by atoms with Gasteiger partial charge in [0.1, 0.15) is 0 Å². The Morgan fingerprint density at radius 2 is 2.00 bits per heavy atom. The molecular weight excluding hydrogens is 302 g/mol. The van der Waals surface area contributed by atoms with Gasteiger partial charge in [-0.25, -0.2) is 0 Å². The number of hydrogen-bond acceptors (Lipinski definition) is 3. The Kier molecular flexibility index (Phi) is 6.49. The first-order valence-electron chi connectivity index (χ1n) is 9.43. The van der Waals surface area contributed by atoms with Crippen LogP contribution in [0.15, 0.2) is 12.7 Å². The van der Waals surface area contributed by atoms with Gasteiger partial charge in [-0.05, 0) is 37.5 Å².